The molecule has 1 N–H and O–H groups in total. The number of benzene rings is 2. The first kappa shape index (κ1) is 17.3. The van der Waals surface area contributed by atoms with E-state index in [1.54, 1.807) is 12.1 Å². The average Bonchev–Trinajstić information content (AvgIpc) is 3.06. The number of aromatic nitrogens is 2. The highest BCUT2D eigenvalue weighted by Crippen LogP contribution is 2.22. The second-order valence-corrected chi connectivity index (χ2v) is 6.91. The fraction of sp³-hybridized carbons (Fsp3) is 0.0909. The molecule has 0 unspecified atom stereocenters. The van der Waals surface area contributed by atoms with Crippen LogP contribution in [0.15, 0.2) is 73.1 Å². The predicted molar refractivity (Wildman–Crippen MR) is 106 cm³/mol. The molecular weight excluding hydrogens is 360 g/mol. The van der Waals surface area contributed by atoms with Crippen LogP contribution in [0.1, 0.15) is 27.0 Å². The summed E-state index contributed by atoms with van der Waals surface area (Å²) in [6, 6.07) is 19.3. The molecule has 4 rings (SSSR count). The fourth-order valence-electron chi connectivity index (χ4n) is 3.25. The zero-order chi connectivity index (χ0) is 18.8. The lowest BCUT2D eigenvalue weighted by molar-refractivity contribution is 0.0696. The van der Waals surface area contributed by atoms with Gasteiger partial charge in [0.05, 0.1) is 5.56 Å². The summed E-state index contributed by atoms with van der Waals surface area (Å²) in [4.78, 5) is 16.1. The van der Waals surface area contributed by atoms with E-state index in [2.05, 4.69) is 27.8 Å². The van der Waals surface area contributed by atoms with Gasteiger partial charge in [-0.15, -0.1) is 0 Å². The maximum absolute atomic E-state index is 11.5. The highest BCUT2D eigenvalue weighted by Gasteiger charge is 2.12. The van der Waals surface area contributed by atoms with Gasteiger partial charge in [-0.05, 0) is 47.4 Å². The highest BCUT2D eigenvalue weighted by molar-refractivity contribution is 6.31. The molecule has 0 aliphatic carbocycles. The van der Waals surface area contributed by atoms with Crippen molar-refractivity contribution in [1.82, 2.24) is 9.55 Å². The summed E-state index contributed by atoms with van der Waals surface area (Å²) in [5.74, 6) is -0.976. The van der Waals surface area contributed by atoms with Gasteiger partial charge in [0.15, 0.2) is 0 Å². The molecule has 0 bridgehead atoms. The second kappa shape index (κ2) is 7.25. The number of rotatable bonds is 5. The Hall–Kier alpha value is -3.11. The van der Waals surface area contributed by atoms with Crippen LogP contribution in [0.2, 0.25) is 5.02 Å². The highest BCUT2D eigenvalue weighted by atomic mass is 35.5. The van der Waals surface area contributed by atoms with Gasteiger partial charge in [0.2, 0.25) is 0 Å². The lowest BCUT2D eigenvalue weighted by atomic mass is 10.0. The van der Waals surface area contributed by atoms with Crippen molar-refractivity contribution >= 4 is 28.6 Å². The number of hydrogen-bond donors (Lipinski definition) is 1. The minimum Gasteiger partial charge on any atom is -0.478 e. The number of carbonyl (C=O) groups is 1. The molecule has 0 atom stereocenters. The number of aromatic carboxylic acids is 1. The first-order valence-corrected chi connectivity index (χ1v) is 8.97. The molecule has 0 fully saturated rings. The Kier molecular flexibility index (Phi) is 4.65. The third-order valence-electron chi connectivity index (χ3n) is 4.55. The molecule has 4 nitrogen and oxygen atoms in total. The molecule has 5 heteroatoms. The van der Waals surface area contributed by atoms with E-state index in [0.29, 0.717) is 11.4 Å². The molecule has 2 heterocycles. The van der Waals surface area contributed by atoms with E-state index >= 15 is 0 Å². The number of carboxylic acid groups (broad SMARTS) is 1. The molecule has 0 aliphatic heterocycles. The van der Waals surface area contributed by atoms with Crippen LogP contribution >= 0.6 is 11.6 Å². The van der Waals surface area contributed by atoms with Crippen LogP contribution in [0.3, 0.4) is 0 Å². The molecule has 0 spiro atoms. The van der Waals surface area contributed by atoms with Crippen LogP contribution in [-0.2, 0) is 13.0 Å². The molecule has 27 heavy (non-hydrogen) atoms. The average molecular weight is 377 g/mol. The summed E-state index contributed by atoms with van der Waals surface area (Å²) in [6.45, 7) is 0.761. The topological polar surface area (TPSA) is 55.1 Å². The molecule has 0 amide bonds. The Morgan fingerprint density at radius 3 is 2.63 bits per heavy atom. The molecule has 4 aromatic rings. The van der Waals surface area contributed by atoms with Gasteiger partial charge < -0.3 is 9.67 Å². The zero-order valence-electron chi connectivity index (χ0n) is 14.5. The number of hydrogen-bond acceptors (Lipinski definition) is 2. The largest absolute Gasteiger partial charge is 0.478 e. The Morgan fingerprint density at radius 2 is 1.85 bits per heavy atom. The van der Waals surface area contributed by atoms with Gasteiger partial charge in [-0.25, -0.2) is 9.78 Å². The van der Waals surface area contributed by atoms with E-state index in [4.69, 9.17) is 11.6 Å². The lowest BCUT2D eigenvalue weighted by Gasteiger charge is -2.08. The SMILES string of the molecule is O=C(O)c1cc(Cl)ccc1Cc1cnc2c(ccn2Cc2ccccc2)c1. The van der Waals surface area contributed by atoms with Gasteiger partial charge in [0, 0.05) is 29.3 Å². The standard InChI is InChI=1S/C22H17ClN2O2/c23-19-7-6-17(20(12-19)22(26)27)10-16-11-18-8-9-25(21(18)24-13-16)14-15-4-2-1-3-5-15/h1-9,11-13H,10,14H2,(H,26,27). The van der Waals surface area contributed by atoms with Crippen molar-refractivity contribution in [2.45, 2.75) is 13.0 Å². The van der Waals surface area contributed by atoms with Crippen LogP contribution < -0.4 is 0 Å². The number of carboxylic acids is 1. The molecule has 0 radical (unpaired) electrons. The fourth-order valence-corrected chi connectivity index (χ4v) is 3.42. The van der Waals surface area contributed by atoms with E-state index in [9.17, 15) is 9.90 Å². The first-order valence-electron chi connectivity index (χ1n) is 8.59. The van der Waals surface area contributed by atoms with Crippen molar-refractivity contribution in [3.8, 4) is 0 Å². The molecular formula is C22H17ClN2O2. The van der Waals surface area contributed by atoms with Crippen LogP contribution in [0.25, 0.3) is 11.0 Å². The summed E-state index contributed by atoms with van der Waals surface area (Å²) in [5, 5.41) is 10.9. The van der Waals surface area contributed by atoms with Gasteiger partial charge in [-0.1, -0.05) is 48.0 Å². The zero-order valence-corrected chi connectivity index (χ0v) is 15.2. The quantitative estimate of drug-likeness (QED) is 0.531. The summed E-state index contributed by atoms with van der Waals surface area (Å²) >= 11 is 5.93. The van der Waals surface area contributed by atoms with E-state index in [1.165, 1.54) is 11.6 Å². The summed E-state index contributed by atoms with van der Waals surface area (Å²) in [5.41, 5.74) is 4.04. The van der Waals surface area contributed by atoms with Crippen molar-refractivity contribution in [3.63, 3.8) is 0 Å². The molecule has 0 saturated heterocycles. The maximum atomic E-state index is 11.5. The summed E-state index contributed by atoms with van der Waals surface area (Å²) in [6.07, 6.45) is 4.33. The van der Waals surface area contributed by atoms with Gasteiger partial charge >= 0.3 is 5.97 Å². The Morgan fingerprint density at radius 1 is 1.04 bits per heavy atom. The smallest absolute Gasteiger partial charge is 0.336 e. The van der Waals surface area contributed by atoms with Crippen LogP contribution in [0.4, 0.5) is 0 Å². The number of pyridine rings is 1. The normalized spacial score (nSPS) is 11.0. The lowest BCUT2D eigenvalue weighted by Crippen LogP contribution is -2.03. The van der Waals surface area contributed by atoms with Crippen LogP contribution in [0, 0.1) is 0 Å². The maximum Gasteiger partial charge on any atom is 0.336 e. The number of halogens is 1. The first-order chi connectivity index (χ1) is 13.1. The van der Waals surface area contributed by atoms with Crippen LogP contribution in [-0.4, -0.2) is 20.6 Å². The third-order valence-corrected chi connectivity index (χ3v) is 4.79. The van der Waals surface area contributed by atoms with Crippen LogP contribution in [0.5, 0.6) is 0 Å². The van der Waals surface area contributed by atoms with E-state index in [0.717, 1.165) is 28.7 Å². The Labute approximate surface area is 161 Å². The van der Waals surface area contributed by atoms with Crippen molar-refractivity contribution in [1.29, 1.82) is 0 Å². The summed E-state index contributed by atoms with van der Waals surface area (Å²) < 4.78 is 2.11. The Balaban J connectivity index is 1.63. The van der Waals surface area contributed by atoms with Crippen molar-refractivity contribution in [2.24, 2.45) is 0 Å². The molecule has 2 aromatic heterocycles. The van der Waals surface area contributed by atoms with Gasteiger partial charge in [0.25, 0.3) is 0 Å². The molecule has 2 aromatic carbocycles. The molecule has 134 valence electrons. The van der Waals surface area contributed by atoms with E-state index in [-0.39, 0.29) is 5.56 Å². The number of nitrogens with zero attached hydrogens (tertiary/aromatic N) is 2. The summed E-state index contributed by atoms with van der Waals surface area (Å²) in [7, 11) is 0. The minimum atomic E-state index is -0.976. The van der Waals surface area contributed by atoms with Gasteiger partial charge in [-0.2, -0.15) is 0 Å². The monoisotopic (exact) mass is 376 g/mol. The van der Waals surface area contributed by atoms with Crippen molar-refractivity contribution < 1.29 is 9.90 Å². The van der Waals surface area contributed by atoms with Crippen molar-refractivity contribution in [3.05, 3.63) is 100 Å². The van der Waals surface area contributed by atoms with Crippen molar-refractivity contribution in [2.75, 3.05) is 0 Å². The number of fused-ring (bicyclic) bond motifs is 1. The third kappa shape index (κ3) is 3.71. The molecule has 0 saturated carbocycles. The Bertz CT molecular complexity index is 1120. The predicted octanol–water partition coefficient (Wildman–Crippen LogP) is 5.03. The second-order valence-electron chi connectivity index (χ2n) is 6.47. The van der Waals surface area contributed by atoms with E-state index in [1.807, 2.05) is 36.7 Å². The minimum absolute atomic E-state index is 0.226. The van der Waals surface area contributed by atoms with E-state index < -0.39 is 5.97 Å². The van der Waals surface area contributed by atoms with Gasteiger partial charge in [-0.3, -0.25) is 0 Å². The van der Waals surface area contributed by atoms with Gasteiger partial charge in [0.1, 0.15) is 5.65 Å². The molecule has 0 aliphatic rings.